The number of hydrogen-bond acceptors (Lipinski definition) is 1. The number of fused-ring (bicyclic) bond motifs is 1. The largest absolute Gasteiger partial charge is 0.252 e. The molecule has 1 aliphatic heterocycles. The zero-order valence-corrected chi connectivity index (χ0v) is 12.2. The number of rotatable bonds is 2. The molecule has 2 aromatic rings. The Labute approximate surface area is 120 Å². The van der Waals surface area contributed by atoms with Gasteiger partial charge in [0.1, 0.15) is 0 Å². The number of hydrogen-bond donors (Lipinski definition) is 0. The summed E-state index contributed by atoms with van der Waals surface area (Å²) in [6, 6.07) is 16.9. The van der Waals surface area contributed by atoms with Gasteiger partial charge in [0.25, 0.3) is 0 Å². The first kappa shape index (κ1) is 12.9. The minimum Gasteiger partial charge on any atom is -0.252 e. The van der Waals surface area contributed by atoms with Gasteiger partial charge in [0, 0.05) is 5.41 Å². The van der Waals surface area contributed by atoms with Gasteiger partial charge >= 0.3 is 0 Å². The maximum Gasteiger partial charge on any atom is 0.0674 e. The summed E-state index contributed by atoms with van der Waals surface area (Å²) in [5.41, 5.74) is 6.01. The minimum atomic E-state index is -0.0161. The van der Waals surface area contributed by atoms with Gasteiger partial charge in [-0.15, -0.1) is 0 Å². The molecule has 1 aliphatic rings. The Balaban J connectivity index is 1.91. The van der Waals surface area contributed by atoms with E-state index in [0.717, 1.165) is 11.4 Å². The maximum atomic E-state index is 4.77. The third-order valence-electron chi connectivity index (χ3n) is 3.97. The fourth-order valence-electron chi connectivity index (χ4n) is 2.61. The molecule has 0 aliphatic carbocycles. The molecule has 1 heteroatoms. The van der Waals surface area contributed by atoms with Gasteiger partial charge in [-0.3, -0.25) is 4.99 Å². The van der Waals surface area contributed by atoms with Crippen LogP contribution in [0.5, 0.6) is 0 Å². The van der Waals surface area contributed by atoms with Crippen LogP contribution < -0.4 is 0 Å². The van der Waals surface area contributed by atoms with Gasteiger partial charge in [-0.25, -0.2) is 0 Å². The average Bonchev–Trinajstić information content (AvgIpc) is 2.70. The summed E-state index contributed by atoms with van der Waals surface area (Å²) < 4.78 is 0. The van der Waals surface area contributed by atoms with Crippen molar-refractivity contribution in [3.05, 3.63) is 71.3 Å². The lowest BCUT2D eigenvalue weighted by molar-refractivity contribution is 0.740. The molecule has 1 heterocycles. The predicted octanol–water partition coefficient (Wildman–Crippen LogP) is 5.07. The molecule has 0 unspecified atom stereocenters. The number of nitrogens with zero attached hydrogens (tertiary/aromatic N) is 1. The summed E-state index contributed by atoms with van der Waals surface area (Å²) in [7, 11) is 0. The van der Waals surface area contributed by atoms with Gasteiger partial charge in [-0.2, -0.15) is 0 Å². The van der Waals surface area contributed by atoms with Gasteiger partial charge in [-0.1, -0.05) is 68.0 Å². The highest BCUT2D eigenvalue weighted by Gasteiger charge is 2.32. The summed E-state index contributed by atoms with van der Waals surface area (Å²) >= 11 is 0. The molecule has 0 saturated carbocycles. The third-order valence-corrected chi connectivity index (χ3v) is 3.97. The van der Waals surface area contributed by atoms with Crippen LogP contribution in [0.2, 0.25) is 0 Å². The molecule has 0 amide bonds. The molecule has 0 N–H and O–H groups in total. The number of allylic oxidation sites excluding steroid dienone is 1. The Morgan fingerprint density at radius 3 is 2.30 bits per heavy atom. The van der Waals surface area contributed by atoms with Crippen molar-refractivity contribution in [3.8, 4) is 0 Å². The Morgan fingerprint density at radius 2 is 1.60 bits per heavy atom. The summed E-state index contributed by atoms with van der Waals surface area (Å²) in [6.07, 6.45) is 4.29. The van der Waals surface area contributed by atoms with E-state index >= 15 is 0 Å². The van der Waals surface area contributed by atoms with Crippen molar-refractivity contribution in [2.75, 3.05) is 0 Å². The van der Waals surface area contributed by atoms with Gasteiger partial charge in [0.2, 0.25) is 0 Å². The lowest BCUT2D eigenvalue weighted by Gasteiger charge is -2.20. The van der Waals surface area contributed by atoms with E-state index in [1.165, 1.54) is 16.7 Å². The van der Waals surface area contributed by atoms with Crippen LogP contribution in [0.4, 0.5) is 5.69 Å². The average molecular weight is 261 g/mol. The number of benzene rings is 2. The van der Waals surface area contributed by atoms with Crippen LogP contribution in [-0.4, -0.2) is 5.71 Å². The first-order valence-electron chi connectivity index (χ1n) is 7.01. The number of aryl methyl sites for hydroxylation is 1. The molecule has 3 rings (SSSR count). The second-order valence-corrected chi connectivity index (χ2v) is 5.88. The lowest BCUT2D eigenvalue weighted by atomic mass is 9.81. The second-order valence-electron chi connectivity index (χ2n) is 5.88. The van der Waals surface area contributed by atoms with Gasteiger partial charge < -0.3 is 0 Å². The van der Waals surface area contributed by atoms with Gasteiger partial charge in [0.05, 0.1) is 11.4 Å². The molecule has 2 aromatic carbocycles. The standard InChI is InChI=1S/C19H19N/c1-14-8-10-15(11-9-14)12-13-18-19(2,3)16-6-4-5-7-17(16)20-18/h4-13H,1-3H3/b13-12+. The predicted molar refractivity (Wildman–Crippen MR) is 86.8 cm³/mol. The summed E-state index contributed by atoms with van der Waals surface area (Å²) in [4.78, 5) is 4.77. The normalized spacial score (nSPS) is 16.2. The first-order chi connectivity index (χ1) is 9.57. The van der Waals surface area contributed by atoms with E-state index in [1.54, 1.807) is 0 Å². The van der Waals surface area contributed by atoms with E-state index in [0.29, 0.717) is 0 Å². The van der Waals surface area contributed by atoms with Crippen LogP contribution in [0.15, 0.2) is 59.6 Å². The van der Waals surface area contributed by atoms with Crippen molar-refractivity contribution >= 4 is 17.5 Å². The molecule has 100 valence electrons. The van der Waals surface area contributed by atoms with Crippen molar-refractivity contribution in [2.45, 2.75) is 26.2 Å². The SMILES string of the molecule is Cc1ccc(/C=C/C2=Nc3ccccc3C2(C)C)cc1. The van der Waals surface area contributed by atoms with Crippen LogP contribution in [0, 0.1) is 6.92 Å². The van der Waals surface area contributed by atoms with Crippen LogP contribution >= 0.6 is 0 Å². The zero-order valence-electron chi connectivity index (χ0n) is 12.2. The molecule has 0 spiro atoms. The van der Waals surface area contributed by atoms with Crippen LogP contribution in [0.25, 0.3) is 6.08 Å². The highest BCUT2D eigenvalue weighted by Crippen LogP contribution is 2.40. The van der Waals surface area contributed by atoms with E-state index in [9.17, 15) is 0 Å². The van der Waals surface area contributed by atoms with Gasteiger partial charge in [0.15, 0.2) is 0 Å². The van der Waals surface area contributed by atoms with Crippen molar-refractivity contribution in [2.24, 2.45) is 4.99 Å². The monoisotopic (exact) mass is 261 g/mol. The molecule has 0 bridgehead atoms. The quantitative estimate of drug-likeness (QED) is 0.715. The van der Waals surface area contributed by atoms with E-state index in [4.69, 9.17) is 4.99 Å². The molecule has 1 nitrogen and oxygen atoms in total. The number of para-hydroxylation sites is 1. The summed E-state index contributed by atoms with van der Waals surface area (Å²) in [5, 5.41) is 0. The molecule has 0 fully saturated rings. The van der Waals surface area contributed by atoms with E-state index in [-0.39, 0.29) is 5.41 Å². The van der Waals surface area contributed by atoms with Crippen molar-refractivity contribution in [1.29, 1.82) is 0 Å². The molecular formula is C19H19N. The highest BCUT2D eigenvalue weighted by molar-refractivity contribution is 6.10. The Kier molecular flexibility index (Phi) is 3.06. The molecule has 0 radical (unpaired) electrons. The molecule has 0 atom stereocenters. The molecule has 20 heavy (non-hydrogen) atoms. The van der Waals surface area contributed by atoms with Crippen molar-refractivity contribution < 1.29 is 0 Å². The van der Waals surface area contributed by atoms with Crippen molar-refractivity contribution in [3.63, 3.8) is 0 Å². The highest BCUT2D eigenvalue weighted by atomic mass is 14.8. The minimum absolute atomic E-state index is 0.0161. The topological polar surface area (TPSA) is 12.4 Å². The van der Waals surface area contributed by atoms with Crippen molar-refractivity contribution in [1.82, 2.24) is 0 Å². The van der Waals surface area contributed by atoms with Crippen LogP contribution in [0.3, 0.4) is 0 Å². The molecular weight excluding hydrogens is 242 g/mol. The summed E-state index contributed by atoms with van der Waals surface area (Å²) in [5.74, 6) is 0. The van der Waals surface area contributed by atoms with Gasteiger partial charge in [-0.05, 0) is 30.2 Å². The fourth-order valence-corrected chi connectivity index (χ4v) is 2.61. The van der Waals surface area contributed by atoms with Crippen LogP contribution in [0.1, 0.15) is 30.5 Å². The Morgan fingerprint density at radius 1 is 0.900 bits per heavy atom. The van der Waals surface area contributed by atoms with Crippen LogP contribution in [-0.2, 0) is 5.41 Å². The van der Waals surface area contributed by atoms with E-state index in [2.05, 4.69) is 75.4 Å². The summed E-state index contributed by atoms with van der Waals surface area (Å²) in [6.45, 7) is 6.57. The smallest absolute Gasteiger partial charge is 0.0674 e. The molecule has 0 saturated heterocycles. The Bertz CT molecular complexity index is 688. The van der Waals surface area contributed by atoms with E-state index < -0.39 is 0 Å². The van der Waals surface area contributed by atoms with E-state index in [1.807, 2.05) is 6.07 Å². The second kappa shape index (κ2) is 4.75. The number of aliphatic imine (C=N–C) groups is 1. The zero-order chi connectivity index (χ0) is 14.2. The molecule has 0 aromatic heterocycles. The lowest BCUT2D eigenvalue weighted by Crippen LogP contribution is -2.23. The maximum absolute atomic E-state index is 4.77. The fraction of sp³-hybridized carbons (Fsp3) is 0.211. The third kappa shape index (κ3) is 2.20. The first-order valence-corrected chi connectivity index (χ1v) is 7.01. The Hall–Kier alpha value is -2.15.